The summed E-state index contributed by atoms with van der Waals surface area (Å²) in [5.74, 6) is -2.30. The van der Waals surface area contributed by atoms with Crippen molar-refractivity contribution in [2.24, 2.45) is 17.8 Å². The van der Waals surface area contributed by atoms with Gasteiger partial charge in [-0.15, -0.1) is 0 Å². The third-order valence-electron chi connectivity index (χ3n) is 7.78. The molecule has 3 heterocycles. The largest absolute Gasteiger partial charge is 0.508 e. The third-order valence-corrected chi connectivity index (χ3v) is 8.10. The smallest absolute Gasteiger partial charge is 0.423 e. The van der Waals surface area contributed by atoms with Crippen molar-refractivity contribution >= 4 is 41.2 Å². The fourth-order valence-corrected chi connectivity index (χ4v) is 6.25. The molecule has 1 N–H and O–H groups in total. The Morgan fingerprint density at radius 2 is 2.05 bits per heavy atom. The summed E-state index contributed by atoms with van der Waals surface area (Å²) < 4.78 is 11.0. The summed E-state index contributed by atoms with van der Waals surface area (Å²) in [6.07, 6.45) is 5.01. The third kappa shape index (κ3) is 4.63. The number of allylic oxidation sites excluding steroid dienone is 2. The number of hydrogen-bond acceptors (Lipinski definition) is 7. The highest BCUT2D eigenvalue weighted by Gasteiger charge is 2.58. The summed E-state index contributed by atoms with van der Waals surface area (Å²) in [7, 11) is 1.17. The Morgan fingerprint density at radius 3 is 2.74 bits per heavy atom. The van der Waals surface area contributed by atoms with Gasteiger partial charge in [0.1, 0.15) is 5.75 Å². The molecule has 198 valence electrons. The van der Waals surface area contributed by atoms with Gasteiger partial charge in [0, 0.05) is 12.1 Å². The van der Waals surface area contributed by atoms with E-state index in [1.807, 2.05) is 31.2 Å². The molecule has 0 unspecified atom stereocenters. The SMILES string of the molecule is CCC1=C2[C@@H](CC/C(=C/c3ccc(O)cc3Cl)c3ccccn3)OC[C@@H]2[C@@H]2C(=O)N(C(=O)OC)C(=O)[C@@H]2C1. The molecule has 4 atom stereocenters. The van der Waals surface area contributed by atoms with Gasteiger partial charge in [0.15, 0.2) is 0 Å². The highest BCUT2D eigenvalue weighted by atomic mass is 35.5. The standard InChI is InChI=1S/C29H29ClN2O6/c1-3-16-13-20-26(28(35)32(27(20)34)29(36)37-2)21-15-38-24(25(16)21)10-8-18(23-6-4-5-11-31-23)12-17-7-9-19(33)14-22(17)30/h4-7,9,11-12,14,20-21,24,26,33H,3,8,10,13,15H2,1-2H3/b18-12-/t20-,21+,24-,26-/m1/s1. The quantitative estimate of drug-likeness (QED) is 0.397. The van der Waals surface area contributed by atoms with Crippen LogP contribution >= 0.6 is 11.6 Å². The van der Waals surface area contributed by atoms with E-state index in [4.69, 9.17) is 21.1 Å². The molecule has 1 aliphatic carbocycles. The Bertz CT molecular complexity index is 1340. The summed E-state index contributed by atoms with van der Waals surface area (Å²) in [6.45, 7) is 2.37. The average Bonchev–Trinajstić information content (AvgIpc) is 3.45. The minimum Gasteiger partial charge on any atom is -0.508 e. The molecule has 3 aliphatic rings. The van der Waals surface area contributed by atoms with Crippen molar-refractivity contribution < 1.29 is 29.0 Å². The molecular formula is C29H29ClN2O6. The second kappa shape index (κ2) is 10.7. The van der Waals surface area contributed by atoms with Crippen molar-refractivity contribution in [2.75, 3.05) is 13.7 Å². The van der Waals surface area contributed by atoms with Crippen LogP contribution in [0.4, 0.5) is 4.79 Å². The van der Waals surface area contributed by atoms with E-state index < -0.39 is 29.7 Å². The first-order valence-electron chi connectivity index (χ1n) is 12.7. The summed E-state index contributed by atoms with van der Waals surface area (Å²) >= 11 is 6.39. The number of fused-ring (bicyclic) bond motifs is 3. The maximum atomic E-state index is 13.2. The van der Waals surface area contributed by atoms with E-state index in [1.54, 1.807) is 18.3 Å². The fourth-order valence-electron chi connectivity index (χ4n) is 6.02. The number of carbonyl (C=O) groups is 3. The molecule has 3 amide bonds. The lowest BCUT2D eigenvalue weighted by Gasteiger charge is -2.31. The molecule has 8 nitrogen and oxygen atoms in total. The number of pyridine rings is 1. The second-order valence-electron chi connectivity index (χ2n) is 9.79. The van der Waals surface area contributed by atoms with Crippen molar-refractivity contribution in [1.82, 2.24) is 9.88 Å². The van der Waals surface area contributed by atoms with Crippen molar-refractivity contribution in [3.05, 3.63) is 70.0 Å². The maximum absolute atomic E-state index is 13.2. The summed E-state index contributed by atoms with van der Waals surface area (Å²) in [5, 5.41) is 10.2. The van der Waals surface area contributed by atoms with E-state index in [0.717, 1.165) is 34.4 Å². The number of rotatable bonds is 6. The van der Waals surface area contributed by atoms with Gasteiger partial charge in [0.2, 0.25) is 11.8 Å². The van der Waals surface area contributed by atoms with Gasteiger partial charge in [-0.25, -0.2) is 4.79 Å². The number of halogens is 1. The fraction of sp³-hybridized carbons (Fsp3) is 0.379. The predicted molar refractivity (Wildman–Crippen MR) is 141 cm³/mol. The van der Waals surface area contributed by atoms with E-state index in [1.165, 1.54) is 13.2 Å². The lowest BCUT2D eigenvalue weighted by Crippen LogP contribution is -2.38. The van der Waals surface area contributed by atoms with Gasteiger partial charge in [-0.1, -0.05) is 30.2 Å². The Labute approximate surface area is 225 Å². The zero-order chi connectivity index (χ0) is 27.0. The van der Waals surface area contributed by atoms with E-state index in [-0.39, 0.29) is 17.8 Å². The molecule has 0 saturated carbocycles. The van der Waals surface area contributed by atoms with Crippen molar-refractivity contribution in [3.8, 4) is 5.75 Å². The van der Waals surface area contributed by atoms with Crippen LogP contribution in [0.1, 0.15) is 43.9 Å². The number of aromatic hydroxyl groups is 1. The zero-order valence-electron chi connectivity index (χ0n) is 21.2. The number of carbonyl (C=O) groups excluding carboxylic acids is 3. The van der Waals surface area contributed by atoms with Gasteiger partial charge < -0.3 is 14.6 Å². The summed E-state index contributed by atoms with van der Waals surface area (Å²) in [6, 6.07) is 10.6. The molecule has 2 saturated heterocycles. The molecule has 2 aliphatic heterocycles. The van der Waals surface area contributed by atoms with Crippen LogP contribution in [0.3, 0.4) is 0 Å². The lowest BCUT2D eigenvalue weighted by atomic mass is 9.69. The zero-order valence-corrected chi connectivity index (χ0v) is 22.0. The number of phenolic OH excluding ortho intramolecular Hbond substituents is 1. The van der Waals surface area contributed by atoms with Gasteiger partial charge >= 0.3 is 6.09 Å². The van der Waals surface area contributed by atoms with Crippen LogP contribution in [0.2, 0.25) is 5.02 Å². The number of amides is 3. The molecule has 0 bridgehead atoms. The topological polar surface area (TPSA) is 106 Å². The number of hydrogen-bond donors (Lipinski definition) is 1. The molecule has 9 heteroatoms. The Balaban J connectivity index is 1.42. The first-order valence-corrected chi connectivity index (χ1v) is 13.1. The Hall–Kier alpha value is -3.49. The van der Waals surface area contributed by atoms with Crippen molar-refractivity contribution in [1.29, 1.82) is 0 Å². The molecule has 38 heavy (non-hydrogen) atoms. The monoisotopic (exact) mass is 536 g/mol. The number of phenols is 1. The maximum Gasteiger partial charge on any atom is 0.423 e. The predicted octanol–water partition coefficient (Wildman–Crippen LogP) is 5.25. The van der Waals surface area contributed by atoms with Crippen LogP contribution in [0.15, 0.2) is 53.7 Å². The van der Waals surface area contributed by atoms with Gasteiger partial charge in [-0.3, -0.25) is 14.6 Å². The molecule has 2 fully saturated rings. The molecule has 2 aromatic rings. The van der Waals surface area contributed by atoms with Crippen LogP contribution in [0, 0.1) is 17.8 Å². The normalized spacial score (nSPS) is 25.0. The first kappa shape index (κ1) is 26.1. The number of imide groups is 3. The highest BCUT2D eigenvalue weighted by Crippen LogP contribution is 2.50. The van der Waals surface area contributed by atoms with Gasteiger partial charge in [-0.2, -0.15) is 4.90 Å². The average molecular weight is 537 g/mol. The van der Waals surface area contributed by atoms with Crippen LogP contribution in [-0.4, -0.2) is 52.7 Å². The van der Waals surface area contributed by atoms with Gasteiger partial charge in [0.25, 0.3) is 0 Å². The summed E-state index contributed by atoms with van der Waals surface area (Å²) in [4.78, 5) is 43.5. The number of benzene rings is 1. The molecule has 5 rings (SSSR count). The molecule has 1 aromatic carbocycles. The van der Waals surface area contributed by atoms with Crippen LogP contribution in [-0.2, 0) is 19.1 Å². The van der Waals surface area contributed by atoms with Crippen LogP contribution in [0.5, 0.6) is 5.75 Å². The van der Waals surface area contributed by atoms with Crippen molar-refractivity contribution in [2.45, 2.75) is 38.7 Å². The van der Waals surface area contributed by atoms with E-state index in [9.17, 15) is 19.5 Å². The van der Waals surface area contributed by atoms with Gasteiger partial charge in [-0.05, 0) is 78.8 Å². The van der Waals surface area contributed by atoms with E-state index in [2.05, 4.69) is 4.98 Å². The van der Waals surface area contributed by atoms with Gasteiger partial charge in [0.05, 0.1) is 42.4 Å². The molecule has 0 radical (unpaired) electrons. The number of ether oxygens (including phenoxy) is 2. The number of nitrogens with zero attached hydrogens (tertiary/aromatic N) is 2. The number of methoxy groups -OCH3 is 1. The van der Waals surface area contributed by atoms with Crippen molar-refractivity contribution in [3.63, 3.8) is 0 Å². The minimum atomic E-state index is -0.928. The number of likely N-dealkylation sites (tertiary alicyclic amines) is 1. The minimum absolute atomic E-state index is 0.0947. The Kier molecular flexibility index (Phi) is 7.36. The molecular weight excluding hydrogens is 508 g/mol. The second-order valence-corrected chi connectivity index (χ2v) is 10.2. The molecule has 1 aromatic heterocycles. The van der Waals surface area contributed by atoms with E-state index in [0.29, 0.717) is 35.8 Å². The van der Waals surface area contributed by atoms with Crippen LogP contribution < -0.4 is 0 Å². The highest BCUT2D eigenvalue weighted by molar-refractivity contribution is 6.32. The summed E-state index contributed by atoms with van der Waals surface area (Å²) in [5.41, 5.74) is 4.75. The van der Waals surface area contributed by atoms with E-state index >= 15 is 0 Å². The Morgan fingerprint density at radius 1 is 1.24 bits per heavy atom. The lowest BCUT2D eigenvalue weighted by molar-refractivity contribution is -0.137. The van der Waals surface area contributed by atoms with Crippen LogP contribution in [0.25, 0.3) is 11.6 Å². The molecule has 0 spiro atoms. The number of aromatic nitrogens is 1. The first-order chi connectivity index (χ1) is 18.3.